The summed E-state index contributed by atoms with van der Waals surface area (Å²) < 4.78 is 36.6. The maximum absolute atomic E-state index is 12.6. The Kier molecular flexibility index (Phi) is 8.64. The van der Waals surface area contributed by atoms with E-state index in [0.717, 1.165) is 0 Å². The smallest absolute Gasteiger partial charge is 0.344 e. The average Bonchev–Trinajstić information content (AvgIpc) is 2.71. The van der Waals surface area contributed by atoms with Crippen molar-refractivity contribution >= 4 is 39.2 Å². The molecule has 0 heterocycles. The van der Waals surface area contributed by atoms with Gasteiger partial charge in [0, 0.05) is 23.8 Å². The Bertz CT molecular complexity index is 992. The van der Waals surface area contributed by atoms with Crippen molar-refractivity contribution in [1.29, 1.82) is 0 Å². The molecule has 0 aliphatic rings. The van der Waals surface area contributed by atoms with Crippen LogP contribution in [0.5, 0.6) is 5.75 Å². The number of nitrogens with one attached hydrogen (secondary N) is 1. The first kappa shape index (κ1) is 23.7. The molecule has 8 nitrogen and oxygen atoms in total. The zero-order valence-electron chi connectivity index (χ0n) is 16.6. The highest BCUT2D eigenvalue weighted by atomic mass is 35.5. The number of carbonyl (C=O) groups excluding carboxylic acids is 2. The summed E-state index contributed by atoms with van der Waals surface area (Å²) in [5.41, 5.74) is 0.277. The normalized spacial score (nSPS) is 11.2. The van der Waals surface area contributed by atoms with E-state index in [4.69, 9.17) is 21.1 Å². The number of benzene rings is 2. The zero-order chi connectivity index (χ0) is 22.1. The Hall–Kier alpha value is -2.62. The molecule has 30 heavy (non-hydrogen) atoms. The maximum atomic E-state index is 12.6. The van der Waals surface area contributed by atoms with E-state index in [2.05, 4.69) is 5.32 Å². The summed E-state index contributed by atoms with van der Waals surface area (Å²) in [6, 6.07) is 12.4. The van der Waals surface area contributed by atoms with Crippen LogP contribution in [0.1, 0.15) is 13.8 Å². The van der Waals surface area contributed by atoms with Crippen molar-refractivity contribution in [2.24, 2.45) is 0 Å². The number of amides is 1. The van der Waals surface area contributed by atoms with Gasteiger partial charge in [0.15, 0.2) is 13.2 Å². The van der Waals surface area contributed by atoms with Crippen molar-refractivity contribution in [3.8, 4) is 5.75 Å². The third-order valence-corrected chi connectivity index (χ3v) is 6.26. The van der Waals surface area contributed by atoms with Gasteiger partial charge < -0.3 is 14.8 Å². The fourth-order valence-corrected chi connectivity index (χ4v) is 4.22. The summed E-state index contributed by atoms with van der Waals surface area (Å²) in [6.45, 7) is 3.25. The number of sulfonamides is 1. The molecule has 1 N–H and O–H groups in total. The van der Waals surface area contributed by atoms with Crippen LogP contribution in [-0.2, 0) is 24.3 Å². The summed E-state index contributed by atoms with van der Waals surface area (Å²) in [5, 5.41) is 2.97. The largest absolute Gasteiger partial charge is 0.482 e. The molecule has 0 atom stereocenters. The third kappa shape index (κ3) is 6.72. The second kappa shape index (κ2) is 11.0. The molecular formula is C20H23ClN2O6S. The number of carbonyl (C=O) groups is 2. The van der Waals surface area contributed by atoms with Crippen molar-refractivity contribution in [3.63, 3.8) is 0 Å². The number of hydrogen-bond acceptors (Lipinski definition) is 6. The third-order valence-electron chi connectivity index (χ3n) is 3.98. The number of ether oxygens (including phenoxy) is 2. The monoisotopic (exact) mass is 454 g/mol. The predicted molar refractivity (Wildman–Crippen MR) is 113 cm³/mol. The van der Waals surface area contributed by atoms with E-state index in [1.54, 1.807) is 44.2 Å². The van der Waals surface area contributed by atoms with Crippen LogP contribution >= 0.6 is 11.6 Å². The highest BCUT2D eigenvalue weighted by Crippen LogP contribution is 2.20. The van der Waals surface area contributed by atoms with Gasteiger partial charge in [-0.2, -0.15) is 4.31 Å². The first-order chi connectivity index (χ1) is 14.3. The SMILES string of the molecule is CCN(CC)S(=O)(=O)c1cccc(NC(=O)COC(=O)COc2cccc(Cl)c2)c1. The molecule has 0 bridgehead atoms. The molecule has 0 aliphatic heterocycles. The molecule has 0 fully saturated rings. The summed E-state index contributed by atoms with van der Waals surface area (Å²) >= 11 is 5.82. The minimum absolute atomic E-state index is 0.0657. The highest BCUT2D eigenvalue weighted by molar-refractivity contribution is 7.89. The summed E-state index contributed by atoms with van der Waals surface area (Å²) in [7, 11) is -3.65. The zero-order valence-corrected chi connectivity index (χ0v) is 18.2. The standard InChI is InChI=1S/C20H23ClN2O6S/c1-3-23(4-2)30(26,27)18-10-6-8-16(12-18)22-19(24)13-29-20(25)14-28-17-9-5-7-15(21)11-17/h5-12H,3-4,13-14H2,1-2H3,(H,22,24). The fraction of sp³-hybridized carbons (Fsp3) is 0.300. The number of halogens is 1. The first-order valence-corrected chi connectivity index (χ1v) is 11.0. The van der Waals surface area contributed by atoms with Crippen molar-refractivity contribution in [3.05, 3.63) is 53.6 Å². The van der Waals surface area contributed by atoms with Crippen molar-refractivity contribution in [2.75, 3.05) is 31.6 Å². The Balaban J connectivity index is 1.88. The van der Waals surface area contributed by atoms with Gasteiger partial charge in [0.1, 0.15) is 5.75 Å². The van der Waals surface area contributed by atoms with E-state index in [1.807, 2.05) is 0 Å². The van der Waals surface area contributed by atoms with Gasteiger partial charge in [-0.25, -0.2) is 13.2 Å². The van der Waals surface area contributed by atoms with Gasteiger partial charge in [0.05, 0.1) is 4.90 Å². The summed E-state index contributed by atoms with van der Waals surface area (Å²) in [4.78, 5) is 23.8. The topological polar surface area (TPSA) is 102 Å². The average molecular weight is 455 g/mol. The lowest BCUT2D eigenvalue weighted by Crippen LogP contribution is -2.30. The Morgan fingerprint density at radius 1 is 1.03 bits per heavy atom. The highest BCUT2D eigenvalue weighted by Gasteiger charge is 2.22. The number of esters is 1. The molecule has 0 saturated carbocycles. The van der Waals surface area contributed by atoms with Gasteiger partial charge >= 0.3 is 5.97 Å². The molecular weight excluding hydrogens is 432 g/mol. The lowest BCUT2D eigenvalue weighted by Gasteiger charge is -2.18. The van der Waals surface area contributed by atoms with Gasteiger partial charge in [0.2, 0.25) is 10.0 Å². The van der Waals surface area contributed by atoms with Gasteiger partial charge in [-0.1, -0.05) is 37.6 Å². The maximum Gasteiger partial charge on any atom is 0.344 e. The lowest BCUT2D eigenvalue weighted by molar-refractivity contribution is -0.149. The van der Waals surface area contributed by atoms with Gasteiger partial charge in [-0.15, -0.1) is 0 Å². The van der Waals surface area contributed by atoms with Crippen LogP contribution in [0, 0.1) is 0 Å². The summed E-state index contributed by atoms with van der Waals surface area (Å²) in [5.74, 6) is -0.943. The molecule has 10 heteroatoms. The molecule has 0 saturated heterocycles. The molecule has 1 amide bonds. The number of nitrogens with zero attached hydrogens (tertiary/aromatic N) is 1. The van der Waals surface area contributed by atoms with Gasteiger partial charge in [-0.05, 0) is 36.4 Å². The van der Waals surface area contributed by atoms with E-state index in [-0.39, 0.29) is 17.2 Å². The molecule has 0 radical (unpaired) electrons. The molecule has 0 spiro atoms. The molecule has 162 valence electrons. The fourth-order valence-electron chi connectivity index (χ4n) is 2.53. The van der Waals surface area contributed by atoms with Crippen LogP contribution in [0.25, 0.3) is 0 Å². The van der Waals surface area contributed by atoms with Crippen LogP contribution in [0.4, 0.5) is 5.69 Å². The molecule has 2 aromatic carbocycles. The van der Waals surface area contributed by atoms with Crippen molar-refractivity contribution < 1.29 is 27.5 Å². The number of hydrogen-bond donors (Lipinski definition) is 1. The minimum Gasteiger partial charge on any atom is -0.482 e. The van der Waals surface area contributed by atoms with Crippen LogP contribution in [0.3, 0.4) is 0 Å². The quantitative estimate of drug-likeness (QED) is 0.554. The number of rotatable bonds is 10. The van der Waals surface area contributed by atoms with Crippen LogP contribution in [0.2, 0.25) is 5.02 Å². The lowest BCUT2D eigenvalue weighted by atomic mass is 10.3. The summed E-state index contributed by atoms with van der Waals surface area (Å²) in [6.07, 6.45) is 0. The molecule has 0 aromatic heterocycles. The molecule has 2 aromatic rings. The van der Waals surface area contributed by atoms with E-state index in [1.165, 1.54) is 22.5 Å². The molecule has 0 unspecified atom stereocenters. The second-order valence-corrected chi connectivity index (χ2v) is 8.45. The van der Waals surface area contributed by atoms with Crippen LogP contribution in [-0.4, -0.2) is 50.9 Å². The van der Waals surface area contributed by atoms with E-state index in [9.17, 15) is 18.0 Å². The molecule has 2 rings (SSSR count). The van der Waals surface area contributed by atoms with Crippen LogP contribution in [0.15, 0.2) is 53.4 Å². The Labute approximate surface area is 180 Å². The van der Waals surface area contributed by atoms with Crippen molar-refractivity contribution in [1.82, 2.24) is 4.31 Å². The van der Waals surface area contributed by atoms with Crippen LogP contribution < -0.4 is 10.1 Å². The Morgan fingerprint density at radius 3 is 2.40 bits per heavy atom. The van der Waals surface area contributed by atoms with Crippen molar-refractivity contribution in [2.45, 2.75) is 18.7 Å². The van der Waals surface area contributed by atoms with E-state index in [0.29, 0.717) is 23.9 Å². The first-order valence-electron chi connectivity index (χ1n) is 9.20. The van der Waals surface area contributed by atoms with Gasteiger partial charge in [0.25, 0.3) is 5.91 Å². The Morgan fingerprint density at radius 2 is 1.73 bits per heavy atom. The predicted octanol–water partition coefficient (Wildman–Crippen LogP) is 2.93. The van der Waals surface area contributed by atoms with Gasteiger partial charge in [-0.3, -0.25) is 4.79 Å². The second-order valence-electron chi connectivity index (χ2n) is 6.07. The van der Waals surface area contributed by atoms with E-state index < -0.39 is 28.5 Å². The number of anilines is 1. The minimum atomic E-state index is -3.65. The van der Waals surface area contributed by atoms with E-state index >= 15 is 0 Å². The molecule has 0 aliphatic carbocycles.